The standard InChI is InChI=1S/C11H15ClFNO/c1-8(6-7-15-2)14-11-9(12)4-3-5-10(11)13/h3-5,8,14H,6-7H2,1-2H3. The number of methoxy groups -OCH3 is 1. The van der Waals surface area contributed by atoms with Crippen LogP contribution in [0.15, 0.2) is 18.2 Å². The van der Waals surface area contributed by atoms with Gasteiger partial charge in [-0.2, -0.15) is 0 Å². The molecule has 1 aromatic rings. The van der Waals surface area contributed by atoms with Gasteiger partial charge in [-0.3, -0.25) is 0 Å². The van der Waals surface area contributed by atoms with Crippen LogP contribution in [0.3, 0.4) is 0 Å². The zero-order valence-electron chi connectivity index (χ0n) is 8.89. The predicted molar refractivity (Wildman–Crippen MR) is 61.0 cm³/mol. The van der Waals surface area contributed by atoms with Crippen molar-refractivity contribution in [3.05, 3.63) is 29.0 Å². The van der Waals surface area contributed by atoms with Gasteiger partial charge in [-0.1, -0.05) is 17.7 Å². The number of rotatable bonds is 5. The molecule has 0 aromatic heterocycles. The quantitative estimate of drug-likeness (QED) is 0.840. The second kappa shape index (κ2) is 5.93. The van der Waals surface area contributed by atoms with Crippen molar-refractivity contribution in [3.63, 3.8) is 0 Å². The van der Waals surface area contributed by atoms with Crippen LogP contribution in [0.25, 0.3) is 0 Å². The van der Waals surface area contributed by atoms with E-state index in [-0.39, 0.29) is 11.9 Å². The summed E-state index contributed by atoms with van der Waals surface area (Å²) in [4.78, 5) is 0. The Labute approximate surface area is 94.4 Å². The molecule has 0 heterocycles. The summed E-state index contributed by atoms with van der Waals surface area (Å²) in [5, 5.41) is 3.43. The Kier molecular flexibility index (Phi) is 4.85. The van der Waals surface area contributed by atoms with Crippen LogP contribution in [0.2, 0.25) is 5.02 Å². The fourth-order valence-corrected chi connectivity index (χ4v) is 1.47. The van der Waals surface area contributed by atoms with Gasteiger partial charge in [-0.25, -0.2) is 4.39 Å². The molecule has 0 aliphatic rings. The van der Waals surface area contributed by atoms with E-state index in [9.17, 15) is 4.39 Å². The Balaban J connectivity index is 2.63. The summed E-state index contributed by atoms with van der Waals surface area (Å²) in [6.45, 7) is 2.60. The topological polar surface area (TPSA) is 21.3 Å². The molecule has 0 radical (unpaired) electrons. The highest BCUT2D eigenvalue weighted by Gasteiger charge is 2.09. The lowest BCUT2D eigenvalue weighted by molar-refractivity contribution is 0.191. The fourth-order valence-electron chi connectivity index (χ4n) is 1.25. The first-order chi connectivity index (χ1) is 7.15. The first-order valence-corrected chi connectivity index (χ1v) is 5.22. The molecule has 1 unspecified atom stereocenters. The van der Waals surface area contributed by atoms with Crippen molar-refractivity contribution in [2.45, 2.75) is 19.4 Å². The van der Waals surface area contributed by atoms with Gasteiger partial charge in [0, 0.05) is 19.8 Å². The van der Waals surface area contributed by atoms with Gasteiger partial charge >= 0.3 is 0 Å². The highest BCUT2D eigenvalue weighted by atomic mass is 35.5. The summed E-state index contributed by atoms with van der Waals surface area (Å²) in [5.41, 5.74) is 0.364. The summed E-state index contributed by atoms with van der Waals surface area (Å²) >= 11 is 5.87. The zero-order chi connectivity index (χ0) is 11.3. The highest BCUT2D eigenvalue weighted by molar-refractivity contribution is 6.33. The van der Waals surface area contributed by atoms with Crippen molar-refractivity contribution in [1.29, 1.82) is 0 Å². The van der Waals surface area contributed by atoms with E-state index < -0.39 is 0 Å². The van der Waals surface area contributed by atoms with Crippen molar-refractivity contribution in [2.24, 2.45) is 0 Å². The summed E-state index contributed by atoms with van der Waals surface area (Å²) in [7, 11) is 1.64. The number of hydrogen-bond donors (Lipinski definition) is 1. The maximum Gasteiger partial charge on any atom is 0.147 e. The molecule has 84 valence electrons. The van der Waals surface area contributed by atoms with E-state index in [1.165, 1.54) is 6.07 Å². The molecule has 1 rings (SSSR count). The molecular formula is C11H15ClFNO. The van der Waals surface area contributed by atoms with E-state index in [4.69, 9.17) is 16.3 Å². The third-order valence-corrected chi connectivity index (χ3v) is 2.42. The minimum Gasteiger partial charge on any atom is -0.385 e. The first-order valence-electron chi connectivity index (χ1n) is 4.84. The van der Waals surface area contributed by atoms with Crippen LogP contribution in [-0.2, 0) is 4.74 Å². The summed E-state index contributed by atoms with van der Waals surface area (Å²) in [6, 6.07) is 4.76. The molecule has 4 heteroatoms. The van der Waals surface area contributed by atoms with Crippen LogP contribution in [0.1, 0.15) is 13.3 Å². The number of benzene rings is 1. The van der Waals surface area contributed by atoms with Gasteiger partial charge in [0.1, 0.15) is 5.82 Å². The molecule has 0 saturated carbocycles. The van der Waals surface area contributed by atoms with Gasteiger partial charge in [-0.05, 0) is 25.5 Å². The van der Waals surface area contributed by atoms with Gasteiger partial charge in [0.05, 0.1) is 10.7 Å². The van der Waals surface area contributed by atoms with Gasteiger partial charge in [0.15, 0.2) is 0 Å². The van der Waals surface area contributed by atoms with Crippen molar-refractivity contribution < 1.29 is 9.13 Å². The second-order valence-corrected chi connectivity index (χ2v) is 3.83. The number of nitrogens with one attached hydrogen (secondary N) is 1. The van der Waals surface area contributed by atoms with Crippen LogP contribution in [0.4, 0.5) is 10.1 Å². The van der Waals surface area contributed by atoms with E-state index in [1.54, 1.807) is 19.2 Å². The van der Waals surface area contributed by atoms with Crippen LogP contribution < -0.4 is 5.32 Å². The SMILES string of the molecule is COCCC(C)Nc1c(F)cccc1Cl. The first kappa shape index (κ1) is 12.3. The lowest BCUT2D eigenvalue weighted by Crippen LogP contribution is -2.18. The van der Waals surface area contributed by atoms with Gasteiger partial charge in [0.25, 0.3) is 0 Å². The molecule has 0 amide bonds. The monoisotopic (exact) mass is 231 g/mol. The molecule has 2 nitrogen and oxygen atoms in total. The van der Waals surface area contributed by atoms with E-state index in [2.05, 4.69) is 5.32 Å². The normalized spacial score (nSPS) is 12.5. The number of anilines is 1. The Bertz CT molecular complexity index is 299. The lowest BCUT2D eigenvalue weighted by atomic mass is 10.2. The Morgan fingerprint density at radius 2 is 2.27 bits per heavy atom. The zero-order valence-corrected chi connectivity index (χ0v) is 9.64. The molecule has 1 N–H and O–H groups in total. The minimum absolute atomic E-state index is 0.124. The molecule has 0 aliphatic heterocycles. The number of ether oxygens (including phenoxy) is 1. The summed E-state index contributed by atoms with van der Waals surface area (Å²) in [5.74, 6) is -0.327. The summed E-state index contributed by atoms with van der Waals surface area (Å²) < 4.78 is 18.3. The molecule has 1 atom stereocenters. The summed E-state index contributed by atoms with van der Waals surface area (Å²) in [6.07, 6.45) is 0.807. The van der Waals surface area contributed by atoms with E-state index in [0.29, 0.717) is 17.3 Å². The predicted octanol–water partition coefficient (Wildman–Crippen LogP) is 3.32. The molecule has 0 bridgehead atoms. The van der Waals surface area contributed by atoms with E-state index >= 15 is 0 Å². The Hall–Kier alpha value is -0.800. The molecular weight excluding hydrogens is 217 g/mol. The third kappa shape index (κ3) is 3.68. The van der Waals surface area contributed by atoms with Crippen molar-refractivity contribution in [1.82, 2.24) is 0 Å². The van der Waals surface area contributed by atoms with Crippen LogP contribution in [0.5, 0.6) is 0 Å². The largest absolute Gasteiger partial charge is 0.385 e. The maximum atomic E-state index is 13.4. The van der Waals surface area contributed by atoms with E-state index in [1.807, 2.05) is 6.92 Å². The molecule has 0 fully saturated rings. The highest BCUT2D eigenvalue weighted by Crippen LogP contribution is 2.25. The molecule has 0 saturated heterocycles. The average Bonchev–Trinajstić information content (AvgIpc) is 2.21. The Morgan fingerprint density at radius 1 is 1.53 bits per heavy atom. The lowest BCUT2D eigenvalue weighted by Gasteiger charge is -2.16. The van der Waals surface area contributed by atoms with Crippen molar-refractivity contribution >= 4 is 17.3 Å². The fraction of sp³-hybridized carbons (Fsp3) is 0.455. The molecule has 15 heavy (non-hydrogen) atoms. The van der Waals surface area contributed by atoms with Crippen molar-refractivity contribution in [2.75, 3.05) is 19.0 Å². The van der Waals surface area contributed by atoms with E-state index in [0.717, 1.165) is 6.42 Å². The van der Waals surface area contributed by atoms with Gasteiger partial charge < -0.3 is 10.1 Å². The minimum atomic E-state index is -0.327. The number of halogens is 2. The second-order valence-electron chi connectivity index (χ2n) is 3.42. The number of hydrogen-bond acceptors (Lipinski definition) is 2. The van der Waals surface area contributed by atoms with Gasteiger partial charge in [-0.15, -0.1) is 0 Å². The maximum absolute atomic E-state index is 13.4. The molecule has 0 aliphatic carbocycles. The molecule has 1 aromatic carbocycles. The van der Waals surface area contributed by atoms with Crippen LogP contribution in [0, 0.1) is 5.82 Å². The van der Waals surface area contributed by atoms with Crippen LogP contribution >= 0.6 is 11.6 Å². The smallest absolute Gasteiger partial charge is 0.147 e. The van der Waals surface area contributed by atoms with Crippen molar-refractivity contribution in [3.8, 4) is 0 Å². The Morgan fingerprint density at radius 3 is 2.87 bits per heavy atom. The number of para-hydroxylation sites is 1. The third-order valence-electron chi connectivity index (χ3n) is 2.11. The average molecular weight is 232 g/mol. The van der Waals surface area contributed by atoms with Crippen LogP contribution in [-0.4, -0.2) is 19.8 Å². The van der Waals surface area contributed by atoms with Gasteiger partial charge in [0.2, 0.25) is 0 Å². The molecule has 0 spiro atoms.